The molecular weight excluding hydrogens is 765 g/mol. The molecule has 0 saturated carbocycles. The molecule has 0 spiro atoms. The Kier molecular flexibility index (Phi) is 14.8. The van der Waals surface area contributed by atoms with Crippen LogP contribution in [0.1, 0.15) is 64.4 Å². The monoisotopic (exact) mass is 816 g/mol. The van der Waals surface area contributed by atoms with Gasteiger partial charge in [-0.15, -0.1) is 0 Å². The Balaban J connectivity index is 0.865. The van der Waals surface area contributed by atoms with Gasteiger partial charge < -0.3 is 34.0 Å². The van der Waals surface area contributed by atoms with Gasteiger partial charge in [-0.2, -0.15) is 0 Å². The lowest BCUT2D eigenvalue weighted by atomic mass is 9.88. The lowest BCUT2D eigenvalue weighted by Crippen LogP contribution is -2.52. The number of amides is 5. The standard InChI is InChI=1S/C47H52N4O9/c1-4-39(33-8-6-5-7-9-33)45(34-11-15-37(52)16-12-34)35-13-17-38(18-14-35)60-25-23-50(3)44(55)31-59-27-26-58-24-22-49(2)43(54)29-32-10-19-40-36(28-32)30-51(47(40)57)41-20-21-42(53)48-46(41)56/h5-19,28,41,52H,4,20-27,29-31H2,1-3H3,(H,48,53,56)/b45-39-. The molecule has 60 heavy (non-hydrogen) atoms. The number of hydrogen-bond acceptors (Lipinski definition) is 9. The molecular formula is C47H52N4O9. The molecule has 13 nitrogen and oxygen atoms in total. The van der Waals surface area contributed by atoms with Crippen molar-refractivity contribution in [2.24, 2.45) is 0 Å². The number of fused-ring (bicyclic) bond motifs is 1. The zero-order chi connectivity index (χ0) is 42.6. The molecule has 0 radical (unpaired) electrons. The average Bonchev–Trinajstić information content (AvgIpc) is 3.57. The third kappa shape index (κ3) is 11.0. The fraction of sp³-hybridized carbons (Fsp3) is 0.340. The van der Waals surface area contributed by atoms with Crippen LogP contribution in [0.25, 0.3) is 11.1 Å². The molecule has 1 fully saturated rings. The van der Waals surface area contributed by atoms with Gasteiger partial charge in [-0.05, 0) is 82.1 Å². The first kappa shape index (κ1) is 43.3. The van der Waals surface area contributed by atoms with Crippen molar-refractivity contribution in [3.8, 4) is 11.5 Å². The van der Waals surface area contributed by atoms with E-state index in [9.17, 15) is 29.1 Å². The number of rotatable bonds is 19. The topological polar surface area (TPSA) is 155 Å². The minimum atomic E-state index is -0.689. The number of ether oxygens (including phenoxy) is 3. The second-order valence-corrected chi connectivity index (χ2v) is 14.9. The van der Waals surface area contributed by atoms with Gasteiger partial charge in [0.2, 0.25) is 23.6 Å². The maximum atomic E-state index is 13.0. The summed E-state index contributed by atoms with van der Waals surface area (Å²) in [5.74, 6) is -0.448. The number of benzene rings is 4. The minimum Gasteiger partial charge on any atom is -0.508 e. The molecule has 1 saturated heterocycles. The number of allylic oxidation sites excluding steroid dienone is 1. The molecule has 1 atom stereocenters. The number of phenolic OH excluding ortho intramolecular Hbond substituents is 1. The maximum absolute atomic E-state index is 13.0. The van der Waals surface area contributed by atoms with E-state index in [0.717, 1.165) is 39.8 Å². The lowest BCUT2D eigenvalue weighted by Gasteiger charge is -2.29. The van der Waals surface area contributed by atoms with E-state index < -0.39 is 11.9 Å². The number of imide groups is 1. The predicted molar refractivity (Wildman–Crippen MR) is 226 cm³/mol. The normalized spacial score (nSPS) is 15.3. The van der Waals surface area contributed by atoms with Gasteiger partial charge in [-0.1, -0.05) is 73.7 Å². The fourth-order valence-corrected chi connectivity index (χ4v) is 7.31. The Hall–Kier alpha value is -6.31. The molecule has 2 N–H and O–H groups in total. The van der Waals surface area contributed by atoms with E-state index in [1.54, 1.807) is 48.2 Å². The van der Waals surface area contributed by atoms with Crippen LogP contribution in [-0.2, 0) is 41.6 Å². The van der Waals surface area contributed by atoms with Gasteiger partial charge >= 0.3 is 0 Å². The van der Waals surface area contributed by atoms with E-state index in [1.165, 1.54) is 10.5 Å². The zero-order valence-corrected chi connectivity index (χ0v) is 34.4. The Morgan fingerprint density at radius 1 is 0.783 bits per heavy atom. The molecule has 6 rings (SSSR count). The second-order valence-electron chi connectivity index (χ2n) is 14.9. The quantitative estimate of drug-likeness (QED) is 0.0748. The molecule has 5 amide bonds. The summed E-state index contributed by atoms with van der Waals surface area (Å²) in [6.07, 6.45) is 1.44. The Morgan fingerprint density at radius 2 is 1.45 bits per heavy atom. The van der Waals surface area contributed by atoms with Crippen molar-refractivity contribution >= 4 is 40.7 Å². The van der Waals surface area contributed by atoms with Crippen LogP contribution in [-0.4, -0.2) is 116 Å². The summed E-state index contributed by atoms with van der Waals surface area (Å²) >= 11 is 0. The molecule has 2 aliphatic rings. The van der Waals surface area contributed by atoms with E-state index in [0.29, 0.717) is 44.0 Å². The molecule has 0 aromatic heterocycles. The van der Waals surface area contributed by atoms with Gasteiger partial charge in [0.1, 0.15) is 30.8 Å². The Morgan fingerprint density at radius 3 is 2.15 bits per heavy atom. The molecule has 0 bridgehead atoms. The number of phenols is 1. The van der Waals surface area contributed by atoms with Crippen LogP contribution < -0.4 is 10.1 Å². The van der Waals surface area contributed by atoms with E-state index >= 15 is 0 Å². The highest BCUT2D eigenvalue weighted by Gasteiger charge is 2.39. The number of aromatic hydroxyl groups is 1. The first-order chi connectivity index (χ1) is 29.0. The van der Waals surface area contributed by atoms with Crippen LogP contribution in [0.3, 0.4) is 0 Å². The predicted octanol–water partition coefficient (Wildman–Crippen LogP) is 5.09. The van der Waals surface area contributed by atoms with Crippen molar-refractivity contribution in [3.05, 3.63) is 130 Å². The van der Waals surface area contributed by atoms with Gasteiger partial charge in [-0.3, -0.25) is 29.3 Å². The summed E-state index contributed by atoms with van der Waals surface area (Å²) in [6, 6.07) is 30.0. The van der Waals surface area contributed by atoms with Crippen LogP contribution in [0.15, 0.2) is 97.1 Å². The van der Waals surface area contributed by atoms with Gasteiger partial charge in [-0.25, -0.2) is 0 Å². The second kappa shape index (κ2) is 20.6. The fourth-order valence-electron chi connectivity index (χ4n) is 7.31. The van der Waals surface area contributed by atoms with Crippen molar-refractivity contribution < 1.29 is 43.3 Å². The van der Waals surface area contributed by atoms with Crippen LogP contribution in [0.5, 0.6) is 11.5 Å². The third-order valence-electron chi connectivity index (χ3n) is 10.7. The molecule has 4 aromatic carbocycles. The van der Waals surface area contributed by atoms with Crippen LogP contribution in [0.2, 0.25) is 0 Å². The van der Waals surface area contributed by atoms with Crippen molar-refractivity contribution in [1.82, 2.24) is 20.0 Å². The number of carbonyl (C=O) groups excluding carboxylic acids is 5. The summed E-state index contributed by atoms with van der Waals surface area (Å²) in [4.78, 5) is 67.0. The van der Waals surface area contributed by atoms with Crippen molar-refractivity contribution in [3.63, 3.8) is 0 Å². The van der Waals surface area contributed by atoms with Crippen molar-refractivity contribution in [2.45, 2.75) is 45.2 Å². The molecule has 314 valence electrons. The number of piperidine rings is 1. The molecule has 13 heteroatoms. The smallest absolute Gasteiger partial charge is 0.255 e. The number of nitrogens with one attached hydrogen (secondary N) is 1. The van der Waals surface area contributed by atoms with E-state index in [-0.39, 0.29) is 68.6 Å². The minimum absolute atomic E-state index is 0.0991. The molecule has 0 aliphatic carbocycles. The summed E-state index contributed by atoms with van der Waals surface area (Å²) in [5.41, 5.74) is 7.45. The summed E-state index contributed by atoms with van der Waals surface area (Å²) in [6.45, 7) is 4.09. The maximum Gasteiger partial charge on any atom is 0.255 e. The summed E-state index contributed by atoms with van der Waals surface area (Å²) in [7, 11) is 3.39. The highest BCUT2D eigenvalue weighted by Crippen LogP contribution is 2.36. The number of likely N-dealkylation sites (N-methyl/N-ethyl adjacent to an activating group) is 2. The van der Waals surface area contributed by atoms with E-state index in [4.69, 9.17) is 14.2 Å². The van der Waals surface area contributed by atoms with E-state index in [1.807, 2.05) is 60.7 Å². The highest BCUT2D eigenvalue weighted by molar-refractivity contribution is 6.05. The Labute approximate surface area is 350 Å². The molecule has 4 aromatic rings. The Bertz CT molecular complexity index is 2190. The van der Waals surface area contributed by atoms with Crippen LogP contribution in [0, 0.1) is 0 Å². The van der Waals surface area contributed by atoms with Gasteiger partial charge in [0, 0.05) is 39.2 Å². The summed E-state index contributed by atoms with van der Waals surface area (Å²) in [5, 5.41) is 12.2. The van der Waals surface area contributed by atoms with Gasteiger partial charge in [0.25, 0.3) is 5.91 Å². The average molecular weight is 817 g/mol. The number of hydrogen-bond donors (Lipinski definition) is 2. The zero-order valence-electron chi connectivity index (χ0n) is 34.4. The third-order valence-corrected chi connectivity index (χ3v) is 10.7. The first-order valence-electron chi connectivity index (χ1n) is 20.2. The van der Waals surface area contributed by atoms with Crippen LogP contribution in [0.4, 0.5) is 0 Å². The lowest BCUT2D eigenvalue weighted by molar-refractivity contribution is -0.137. The van der Waals surface area contributed by atoms with Crippen molar-refractivity contribution in [1.29, 1.82) is 0 Å². The summed E-state index contributed by atoms with van der Waals surface area (Å²) < 4.78 is 17.2. The first-order valence-corrected chi connectivity index (χ1v) is 20.2. The van der Waals surface area contributed by atoms with Gasteiger partial charge in [0.15, 0.2) is 0 Å². The van der Waals surface area contributed by atoms with Crippen LogP contribution >= 0.6 is 0 Å². The van der Waals surface area contributed by atoms with Crippen molar-refractivity contribution in [2.75, 3.05) is 60.2 Å². The number of nitrogens with zero attached hydrogens (tertiary/aromatic N) is 3. The highest BCUT2D eigenvalue weighted by atomic mass is 16.5. The number of carbonyl (C=O) groups is 5. The van der Waals surface area contributed by atoms with E-state index in [2.05, 4.69) is 24.4 Å². The molecule has 1 unspecified atom stereocenters. The molecule has 2 heterocycles. The SMILES string of the molecule is CC/C(=C(\c1ccc(O)cc1)c1ccc(OCCN(C)C(=O)COCCOCCN(C)C(=O)Cc2ccc3c(c2)CN(C2CCC(=O)NC2=O)C3=O)cc1)c1ccccc1. The molecule has 2 aliphatic heterocycles. The largest absolute Gasteiger partial charge is 0.508 e. The van der Waals surface area contributed by atoms with Gasteiger partial charge in [0.05, 0.1) is 32.8 Å².